The highest BCUT2D eigenvalue weighted by Gasteiger charge is 2.29. The second-order valence-electron chi connectivity index (χ2n) is 8.07. The highest BCUT2D eigenvalue weighted by Crippen LogP contribution is 2.38. The van der Waals surface area contributed by atoms with E-state index in [4.69, 9.17) is 21.1 Å². The van der Waals surface area contributed by atoms with Crippen LogP contribution in [-0.2, 0) is 16.4 Å². The van der Waals surface area contributed by atoms with E-state index < -0.39 is 10.0 Å². The van der Waals surface area contributed by atoms with Gasteiger partial charge in [-0.1, -0.05) is 18.0 Å². The minimum Gasteiger partial charge on any atom is -0.454 e. The molecule has 0 saturated carbocycles. The van der Waals surface area contributed by atoms with Gasteiger partial charge in [-0.25, -0.2) is 8.42 Å². The summed E-state index contributed by atoms with van der Waals surface area (Å²) in [6, 6.07) is 8.24. The summed E-state index contributed by atoms with van der Waals surface area (Å²) in [5.41, 5.74) is 2.89. The highest BCUT2D eigenvalue weighted by atomic mass is 35.5. The number of allylic oxidation sites excluding steroid dienone is 1. The Bertz CT molecular complexity index is 1220. The second kappa shape index (κ2) is 8.42. The van der Waals surface area contributed by atoms with Crippen LogP contribution >= 0.6 is 11.6 Å². The molecule has 0 spiro atoms. The molecule has 0 radical (unpaired) electrons. The maximum Gasteiger partial charge on any atom is 0.244 e. The van der Waals surface area contributed by atoms with Gasteiger partial charge < -0.3 is 14.8 Å². The van der Waals surface area contributed by atoms with E-state index in [0.717, 1.165) is 36.8 Å². The molecule has 3 heterocycles. The lowest BCUT2D eigenvalue weighted by Crippen LogP contribution is -2.35. The zero-order valence-electron chi connectivity index (χ0n) is 17.4. The minimum absolute atomic E-state index is 0.0225. The summed E-state index contributed by atoms with van der Waals surface area (Å²) < 4.78 is 38.6. The standard InChI is InChI=1S/C23H23ClN2O5S/c24-18-5-4-16(11-23(18)32(28,29)26-8-2-1-3-9-26)20(27)13-19-17-12-22-21(30-14-31-22)10-15(17)6-7-25-19/h4-5,10-13,25H,1-3,6-9,14H2. The molecule has 2 aromatic carbocycles. The van der Waals surface area contributed by atoms with E-state index in [1.54, 1.807) is 6.07 Å². The third kappa shape index (κ3) is 3.87. The lowest BCUT2D eigenvalue weighted by molar-refractivity contribution is 0.104. The summed E-state index contributed by atoms with van der Waals surface area (Å²) in [6.07, 6.45) is 4.97. The molecule has 0 atom stereocenters. The number of hydrogen-bond donors (Lipinski definition) is 1. The predicted molar refractivity (Wildman–Crippen MR) is 121 cm³/mol. The number of halogens is 1. The molecule has 0 unspecified atom stereocenters. The third-order valence-corrected chi connectivity index (χ3v) is 8.40. The molecule has 1 saturated heterocycles. The first-order valence-corrected chi connectivity index (χ1v) is 12.5. The molecule has 0 amide bonds. The van der Waals surface area contributed by atoms with Crippen LogP contribution in [0.25, 0.3) is 5.70 Å². The summed E-state index contributed by atoms with van der Waals surface area (Å²) >= 11 is 6.25. The van der Waals surface area contributed by atoms with E-state index in [2.05, 4.69) is 5.32 Å². The molecule has 3 aliphatic heterocycles. The topological polar surface area (TPSA) is 84.9 Å². The lowest BCUT2D eigenvalue weighted by Gasteiger charge is -2.26. The van der Waals surface area contributed by atoms with Gasteiger partial charge in [0.05, 0.1) is 5.02 Å². The van der Waals surface area contributed by atoms with Gasteiger partial charge in [0.1, 0.15) is 4.90 Å². The van der Waals surface area contributed by atoms with Crippen LogP contribution in [0.4, 0.5) is 0 Å². The number of carbonyl (C=O) groups is 1. The third-order valence-electron chi connectivity index (χ3n) is 6.02. The van der Waals surface area contributed by atoms with E-state index in [9.17, 15) is 13.2 Å². The Morgan fingerprint density at radius 1 is 1.06 bits per heavy atom. The van der Waals surface area contributed by atoms with Crippen molar-refractivity contribution in [1.82, 2.24) is 9.62 Å². The first-order valence-electron chi connectivity index (χ1n) is 10.7. The summed E-state index contributed by atoms with van der Waals surface area (Å²) in [6.45, 7) is 1.80. The Kier molecular flexibility index (Phi) is 5.61. The van der Waals surface area contributed by atoms with Crippen molar-refractivity contribution in [2.24, 2.45) is 0 Å². The molecule has 1 N–H and O–H groups in total. The average molecular weight is 475 g/mol. The minimum atomic E-state index is -3.75. The predicted octanol–water partition coefficient (Wildman–Crippen LogP) is 3.61. The number of piperidine rings is 1. The van der Waals surface area contributed by atoms with E-state index >= 15 is 0 Å². The van der Waals surface area contributed by atoms with Crippen LogP contribution in [0.5, 0.6) is 11.5 Å². The number of sulfonamides is 1. The maximum absolute atomic E-state index is 13.1. The van der Waals surface area contributed by atoms with E-state index in [1.807, 2.05) is 12.1 Å². The summed E-state index contributed by atoms with van der Waals surface area (Å²) in [4.78, 5) is 13.1. The molecule has 1 fully saturated rings. The number of fused-ring (bicyclic) bond motifs is 2. The fourth-order valence-corrected chi connectivity index (χ4v) is 6.33. The summed E-state index contributed by atoms with van der Waals surface area (Å²) in [5.74, 6) is 1.05. The highest BCUT2D eigenvalue weighted by molar-refractivity contribution is 7.89. The van der Waals surface area contributed by atoms with Crippen LogP contribution in [0, 0.1) is 0 Å². The quantitative estimate of drug-likeness (QED) is 0.538. The van der Waals surface area contributed by atoms with Gasteiger partial charge in [0.25, 0.3) is 0 Å². The zero-order chi connectivity index (χ0) is 22.3. The number of nitrogens with zero attached hydrogens (tertiary/aromatic N) is 1. The lowest BCUT2D eigenvalue weighted by atomic mass is 9.96. The number of benzene rings is 2. The number of nitrogens with one attached hydrogen (secondary N) is 1. The first kappa shape index (κ1) is 21.3. The molecular weight excluding hydrogens is 452 g/mol. The number of ether oxygens (including phenoxy) is 2. The number of ketones is 1. The van der Waals surface area contributed by atoms with Crippen molar-refractivity contribution in [2.75, 3.05) is 26.4 Å². The molecule has 0 aliphatic carbocycles. The van der Waals surface area contributed by atoms with Gasteiger partial charge in [-0.2, -0.15) is 4.31 Å². The molecule has 2 aromatic rings. The molecule has 32 heavy (non-hydrogen) atoms. The summed E-state index contributed by atoms with van der Waals surface area (Å²) in [7, 11) is -3.75. The van der Waals surface area contributed by atoms with Crippen molar-refractivity contribution in [3.8, 4) is 11.5 Å². The van der Waals surface area contributed by atoms with Gasteiger partial charge in [0.15, 0.2) is 17.3 Å². The smallest absolute Gasteiger partial charge is 0.244 e. The summed E-state index contributed by atoms with van der Waals surface area (Å²) in [5, 5.41) is 3.39. The first-order chi connectivity index (χ1) is 15.4. The molecule has 7 nitrogen and oxygen atoms in total. The molecule has 0 bridgehead atoms. The van der Waals surface area contributed by atoms with E-state index in [-0.39, 0.29) is 28.1 Å². The Morgan fingerprint density at radius 3 is 2.59 bits per heavy atom. The fourth-order valence-electron chi connectivity index (χ4n) is 4.31. The number of hydrogen-bond acceptors (Lipinski definition) is 6. The monoisotopic (exact) mass is 474 g/mol. The van der Waals surface area contributed by atoms with Gasteiger partial charge in [-0.05, 0) is 55.2 Å². The average Bonchev–Trinajstić information content (AvgIpc) is 3.26. The van der Waals surface area contributed by atoms with E-state index in [1.165, 1.54) is 22.5 Å². The molecule has 3 aliphatic rings. The van der Waals surface area contributed by atoms with Gasteiger partial charge in [0, 0.05) is 42.5 Å². The van der Waals surface area contributed by atoms with Gasteiger partial charge >= 0.3 is 0 Å². The Hall–Kier alpha value is -2.55. The molecule has 5 rings (SSSR count). The Morgan fingerprint density at radius 2 is 1.81 bits per heavy atom. The van der Waals surface area contributed by atoms with Crippen molar-refractivity contribution in [1.29, 1.82) is 0 Å². The fraction of sp³-hybridized carbons (Fsp3) is 0.348. The van der Waals surface area contributed by atoms with Crippen LogP contribution in [0.1, 0.15) is 40.7 Å². The van der Waals surface area contributed by atoms with Crippen molar-refractivity contribution in [3.63, 3.8) is 0 Å². The van der Waals surface area contributed by atoms with Crippen LogP contribution < -0.4 is 14.8 Å². The second-order valence-corrected chi connectivity index (χ2v) is 10.4. The van der Waals surface area contributed by atoms with Crippen LogP contribution in [0.15, 0.2) is 41.3 Å². The largest absolute Gasteiger partial charge is 0.454 e. The van der Waals surface area contributed by atoms with Crippen molar-refractivity contribution in [3.05, 3.63) is 58.1 Å². The number of rotatable bonds is 4. The van der Waals surface area contributed by atoms with E-state index in [0.29, 0.717) is 36.8 Å². The molecular formula is C23H23ClN2O5S. The van der Waals surface area contributed by atoms with Gasteiger partial charge in [-0.3, -0.25) is 4.79 Å². The zero-order valence-corrected chi connectivity index (χ0v) is 19.0. The Labute approximate surface area is 192 Å². The van der Waals surface area contributed by atoms with Crippen molar-refractivity contribution < 1.29 is 22.7 Å². The Balaban J connectivity index is 1.47. The SMILES string of the molecule is O=C(C=C1NCCc2cc3c(cc21)OCO3)c1ccc(Cl)c(S(=O)(=O)N2CCCCC2)c1. The molecule has 9 heteroatoms. The molecule has 0 aromatic heterocycles. The van der Waals surface area contributed by atoms with Gasteiger partial charge in [-0.15, -0.1) is 0 Å². The van der Waals surface area contributed by atoms with Crippen molar-refractivity contribution in [2.45, 2.75) is 30.6 Å². The van der Waals surface area contributed by atoms with Crippen LogP contribution in [0.2, 0.25) is 5.02 Å². The number of carbonyl (C=O) groups excluding carboxylic acids is 1. The normalized spacial score (nSPS) is 19.5. The van der Waals surface area contributed by atoms with Crippen LogP contribution in [0.3, 0.4) is 0 Å². The van der Waals surface area contributed by atoms with Crippen LogP contribution in [-0.4, -0.2) is 44.9 Å². The maximum atomic E-state index is 13.1. The van der Waals surface area contributed by atoms with Crippen molar-refractivity contribution >= 4 is 33.1 Å². The van der Waals surface area contributed by atoms with Gasteiger partial charge in [0.2, 0.25) is 16.8 Å². The molecule has 168 valence electrons.